The molecule has 0 aliphatic heterocycles. The van der Waals surface area contributed by atoms with Crippen molar-refractivity contribution in [3.8, 4) is 21.6 Å². The number of nitrogens with one attached hydrogen (secondary N) is 2. The Kier molecular flexibility index (Phi) is 5.40. The summed E-state index contributed by atoms with van der Waals surface area (Å²) in [5.41, 5.74) is 4.73. The lowest BCUT2D eigenvalue weighted by atomic mass is 10.0. The average Bonchev–Trinajstić information content (AvgIpc) is 3.41. The normalized spacial score (nSPS) is 11.7. The van der Waals surface area contributed by atoms with Crippen molar-refractivity contribution in [2.75, 3.05) is 4.72 Å². The molecule has 7 nitrogen and oxygen atoms in total. The molecule has 5 aromatic rings. The predicted octanol–water partition coefficient (Wildman–Crippen LogP) is 5.82. The summed E-state index contributed by atoms with van der Waals surface area (Å²) in [4.78, 5) is 10.8. The zero-order valence-electron chi connectivity index (χ0n) is 17.6. The summed E-state index contributed by atoms with van der Waals surface area (Å²) in [7, 11) is -3.89. The molecule has 2 N–H and O–H groups in total. The molecule has 1 aromatic carbocycles. The lowest BCUT2D eigenvalue weighted by Gasteiger charge is -2.12. The van der Waals surface area contributed by atoms with Gasteiger partial charge in [-0.1, -0.05) is 17.7 Å². The number of anilines is 1. The third-order valence-electron chi connectivity index (χ3n) is 5.06. The van der Waals surface area contributed by atoms with Gasteiger partial charge in [-0.2, -0.15) is 5.10 Å². The summed E-state index contributed by atoms with van der Waals surface area (Å²) in [6.07, 6.45) is 7.09. The van der Waals surface area contributed by atoms with E-state index < -0.39 is 10.0 Å². The molecular formula is C23H18ClN5O2S2. The number of aryl methyl sites for hydroxylation is 2. The monoisotopic (exact) mass is 495 g/mol. The number of benzene rings is 1. The van der Waals surface area contributed by atoms with Crippen molar-refractivity contribution in [3.63, 3.8) is 0 Å². The second-order valence-electron chi connectivity index (χ2n) is 7.60. The van der Waals surface area contributed by atoms with Gasteiger partial charge in [0.1, 0.15) is 4.83 Å². The molecule has 0 atom stereocenters. The minimum atomic E-state index is -3.89. The van der Waals surface area contributed by atoms with Crippen LogP contribution in [0.25, 0.3) is 31.8 Å². The predicted molar refractivity (Wildman–Crippen MR) is 132 cm³/mol. The topological polar surface area (TPSA) is 101 Å². The van der Waals surface area contributed by atoms with Gasteiger partial charge in [0.15, 0.2) is 0 Å². The van der Waals surface area contributed by atoms with Gasteiger partial charge in [0, 0.05) is 56.3 Å². The third-order valence-corrected chi connectivity index (χ3v) is 7.80. The van der Waals surface area contributed by atoms with Gasteiger partial charge in [0.05, 0.1) is 16.8 Å². The van der Waals surface area contributed by atoms with Gasteiger partial charge >= 0.3 is 0 Å². The SMILES string of the molecule is Cc1cncc(-c2c(-c3cn[nH]c3)sc3nc(C)cc(NS(=O)(=O)c4cccc(Cl)c4)c23)c1. The van der Waals surface area contributed by atoms with E-state index in [2.05, 4.69) is 19.9 Å². The van der Waals surface area contributed by atoms with Crippen LogP contribution in [0.2, 0.25) is 5.02 Å². The number of thiophene rings is 1. The molecule has 33 heavy (non-hydrogen) atoms. The van der Waals surface area contributed by atoms with E-state index in [-0.39, 0.29) is 4.90 Å². The lowest BCUT2D eigenvalue weighted by Crippen LogP contribution is -2.13. The van der Waals surface area contributed by atoms with Crippen LogP contribution in [0.5, 0.6) is 0 Å². The molecule has 0 unspecified atom stereocenters. The fourth-order valence-corrected chi connectivity index (χ4v) is 6.30. The molecule has 0 amide bonds. The van der Waals surface area contributed by atoms with E-state index in [1.54, 1.807) is 43.0 Å². The zero-order chi connectivity index (χ0) is 23.2. The number of rotatable bonds is 5. The molecule has 0 radical (unpaired) electrons. The fraction of sp³-hybridized carbons (Fsp3) is 0.0870. The summed E-state index contributed by atoms with van der Waals surface area (Å²) < 4.78 is 29.2. The molecule has 10 heteroatoms. The molecule has 0 bridgehead atoms. The third kappa shape index (κ3) is 4.10. The van der Waals surface area contributed by atoms with Crippen molar-refractivity contribution in [2.24, 2.45) is 0 Å². The molecule has 4 aromatic heterocycles. The lowest BCUT2D eigenvalue weighted by molar-refractivity contribution is 0.601. The fourth-order valence-electron chi connectivity index (χ4n) is 3.69. The second-order valence-corrected chi connectivity index (χ2v) is 10.7. The van der Waals surface area contributed by atoms with E-state index >= 15 is 0 Å². The summed E-state index contributed by atoms with van der Waals surface area (Å²) in [6, 6.07) is 9.93. The van der Waals surface area contributed by atoms with Crippen molar-refractivity contribution < 1.29 is 8.42 Å². The number of aromatic nitrogens is 4. The minimum Gasteiger partial charge on any atom is -0.285 e. The number of halogens is 1. The Hall–Kier alpha value is -3.27. The Morgan fingerprint density at radius 1 is 1.06 bits per heavy atom. The highest BCUT2D eigenvalue weighted by atomic mass is 35.5. The molecular weight excluding hydrogens is 478 g/mol. The zero-order valence-corrected chi connectivity index (χ0v) is 20.0. The number of hydrogen-bond donors (Lipinski definition) is 2. The van der Waals surface area contributed by atoms with Gasteiger partial charge in [-0.3, -0.25) is 14.8 Å². The van der Waals surface area contributed by atoms with Crippen molar-refractivity contribution in [3.05, 3.63) is 77.5 Å². The van der Waals surface area contributed by atoms with E-state index in [1.165, 1.54) is 23.5 Å². The van der Waals surface area contributed by atoms with E-state index in [4.69, 9.17) is 16.6 Å². The van der Waals surface area contributed by atoms with E-state index in [0.29, 0.717) is 26.6 Å². The molecule has 0 fully saturated rings. The van der Waals surface area contributed by atoms with Crippen LogP contribution in [-0.2, 0) is 10.0 Å². The quantitative estimate of drug-likeness (QED) is 0.320. The van der Waals surface area contributed by atoms with Crippen LogP contribution in [0, 0.1) is 13.8 Å². The highest BCUT2D eigenvalue weighted by molar-refractivity contribution is 7.92. The number of H-pyrrole nitrogens is 1. The maximum Gasteiger partial charge on any atom is 0.261 e. The average molecular weight is 496 g/mol. The highest BCUT2D eigenvalue weighted by Gasteiger charge is 2.24. The van der Waals surface area contributed by atoms with Gasteiger partial charge in [0.25, 0.3) is 10.0 Å². The maximum atomic E-state index is 13.2. The van der Waals surface area contributed by atoms with E-state index in [0.717, 1.165) is 27.1 Å². The van der Waals surface area contributed by atoms with Crippen molar-refractivity contribution >= 4 is 48.9 Å². The molecule has 0 saturated heterocycles. The van der Waals surface area contributed by atoms with Crippen LogP contribution in [0.1, 0.15) is 11.3 Å². The Balaban J connectivity index is 1.78. The smallest absolute Gasteiger partial charge is 0.261 e. The van der Waals surface area contributed by atoms with Crippen LogP contribution in [0.15, 0.2) is 66.1 Å². The number of fused-ring (bicyclic) bond motifs is 1. The first-order chi connectivity index (χ1) is 15.8. The Morgan fingerprint density at radius 2 is 1.91 bits per heavy atom. The molecule has 5 rings (SSSR count). The Morgan fingerprint density at radius 3 is 2.64 bits per heavy atom. The number of sulfonamides is 1. The number of pyridine rings is 2. The molecule has 4 heterocycles. The van der Waals surface area contributed by atoms with Crippen molar-refractivity contribution in [2.45, 2.75) is 18.7 Å². The van der Waals surface area contributed by atoms with E-state index in [9.17, 15) is 8.42 Å². The van der Waals surface area contributed by atoms with Crippen molar-refractivity contribution in [1.82, 2.24) is 20.2 Å². The van der Waals surface area contributed by atoms with E-state index in [1.807, 2.05) is 19.9 Å². The first-order valence-corrected chi connectivity index (χ1v) is 12.6. The van der Waals surface area contributed by atoms with Gasteiger partial charge in [0.2, 0.25) is 0 Å². The van der Waals surface area contributed by atoms with Crippen molar-refractivity contribution in [1.29, 1.82) is 0 Å². The molecule has 166 valence electrons. The first-order valence-electron chi connectivity index (χ1n) is 9.95. The van der Waals surface area contributed by atoms with Crippen LogP contribution >= 0.6 is 22.9 Å². The number of hydrogen-bond acceptors (Lipinski definition) is 6. The van der Waals surface area contributed by atoms with Crippen LogP contribution < -0.4 is 4.72 Å². The molecule has 0 spiro atoms. The molecule has 0 aliphatic carbocycles. The summed E-state index contributed by atoms with van der Waals surface area (Å²) in [6.45, 7) is 3.80. The van der Waals surface area contributed by atoms with Gasteiger partial charge < -0.3 is 0 Å². The summed E-state index contributed by atoms with van der Waals surface area (Å²) >= 11 is 7.52. The molecule has 0 aliphatic rings. The van der Waals surface area contributed by atoms with Gasteiger partial charge in [-0.05, 0) is 49.7 Å². The Labute approximate surface area is 199 Å². The van der Waals surface area contributed by atoms with Crippen LogP contribution in [0.4, 0.5) is 5.69 Å². The summed E-state index contributed by atoms with van der Waals surface area (Å²) in [5.74, 6) is 0. The minimum absolute atomic E-state index is 0.0849. The maximum absolute atomic E-state index is 13.2. The highest BCUT2D eigenvalue weighted by Crippen LogP contribution is 2.47. The largest absolute Gasteiger partial charge is 0.285 e. The van der Waals surface area contributed by atoms with Gasteiger partial charge in [-0.15, -0.1) is 11.3 Å². The first kappa shape index (κ1) is 21.6. The standard InChI is InChI=1S/C23H18ClN5O2S2/c1-13-6-15(10-25-9-13)20-21-19(29-33(30,31)18-5-3-4-17(24)8-18)7-14(2)28-23(21)32-22(20)16-11-26-27-12-16/h3-12H,1-2H3,(H,26,27)(H,28,29). The number of nitrogens with zero attached hydrogens (tertiary/aromatic N) is 3. The van der Waals surface area contributed by atoms with Gasteiger partial charge in [-0.25, -0.2) is 13.4 Å². The Bertz CT molecular complexity index is 1590. The summed E-state index contributed by atoms with van der Waals surface area (Å²) in [5, 5.41) is 7.99. The van der Waals surface area contributed by atoms with Crippen LogP contribution in [0.3, 0.4) is 0 Å². The second kappa shape index (κ2) is 8.26. The molecule has 0 saturated carbocycles. The van der Waals surface area contributed by atoms with Crippen LogP contribution in [-0.4, -0.2) is 28.6 Å². The number of aromatic amines is 1.